The van der Waals surface area contributed by atoms with Crippen LogP contribution in [0.25, 0.3) is 11.3 Å². The maximum atomic E-state index is 11.9. The molecule has 0 aliphatic heterocycles. The van der Waals surface area contributed by atoms with Crippen molar-refractivity contribution < 1.29 is 19.0 Å². The average molecular weight is 301 g/mol. The van der Waals surface area contributed by atoms with Crippen LogP contribution in [0, 0.1) is 12.3 Å². The molecule has 0 amide bonds. The van der Waals surface area contributed by atoms with E-state index in [9.17, 15) is 4.79 Å². The molecule has 7 heteroatoms. The van der Waals surface area contributed by atoms with Crippen LogP contribution in [0.4, 0.5) is 0 Å². The zero-order chi connectivity index (χ0) is 15.9. The summed E-state index contributed by atoms with van der Waals surface area (Å²) < 4.78 is 15.6. The van der Waals surface area contributed by atoms with Gasteiger partial charge in [-0.05, 0) is 25.1 Å². The molecule has 0 saturated heterocycles. The number of methoxy groups -OCH3 is 1. The first kappa shape index (κ1) is 15.4. The number of benzene rings is 1. The number of aromatic nitrogens is 3. The van der Waals surface area contributed by atoms with Crippen LogP contribution in [0.5, 0.6) is 11.5 Å². The Kier molecular flexibility index (Phi) is 4.98. The number of terminal acetylenes is 1. The predicted molar refractivity (Wildman–Crippen MR) is 78.7 cm³/mol. The Morgan fingerprint density at radius 3 is 2.91 bits per heavy atom. The second-order valence-electron chi connectivity index (χ2n) is 4.10. The summed E-state index contributed by atoms with van der Waals surface area (Å²) in [7, 11) is 1.54. The summed E-state index contributed by atoms with van der Waals surface area (Å²) in [6.45, 7) is 2.04. The van der Waals surface area contributed by atoms with Crippen molar-refractivity contribution in [2.45, 2.75) is 6.92 Å². The lowest BCUT2D eigenvalue weighted by Crippen LogP contribution is -2.07. The number of carbonyl (C=O) groups excluding carboxylic acids is 1. The molecule has 0 radical (unpaired) electrons. The molecule has 1 aromatic carbocycles. The highest BCUT2D eigenvalue weighted by Gasteiger charge is 2.22. The van der Waals surface area contributed by atoms with E-state index in [2.05, 4.69) is 21.3 Å². The van der Waals surface area contributed by atoms with E-state index in [0.717, 1.165) is 0 Å². The summed E-state index contributed by atoms with van der Waals surface area (Å²) >= 11 is 0. The fraction of sp³-hybridized carbons (Fsp3) is 0.267. The molecule has 2 aromatic rings. The molecule has 0 saturated carbocycles. The predicted octanol–water partition coefficient (Wildman–Crippen LogP) is 1.67. The monoisotopic (exact) mass is 301 g/mol. The number of hydrogen-bond acceptors (Lipinski definition) is 6. The molecule has 22 heavy (non-hydrogen) atoms. The third-order valence-electron chi connectivity index (χ3n) is 2.77. The quantitative estimate of drug-likeness (QED) is 0.645. The fourth-order valence-electron chi connectivity index (χ4n) is 1.83. The van der Waals surface area contributed by atoms with Gasteiger partial charge in [0.05, 0.1) is 19.3 Å². The number of hydrogen-bond donors (Lipinski definition) is 1. The van der Waals surface area contributed by atoms with Crippen molar-refractivity contribution in [3.63, 3.8) is 0 Å². The Morgan fingerprint density at radius 2 is 2.23 bits per heavy atom. The van der Waals surface area contributed by atoms with Crippen LogP contribution in [0.1, 0.15) is 17.4 Å². The lowest BCUT2D eigenvalue weighted by atomic mass is 10.1. The highest BCUT2D eigenvalue weighted by atomic mass is 16.5. The molecule has 0 bridgehead atoms. The van der Waals surface area contributed by atoms with Gasteiger partial charge in [0.25, 0.3) is 0 Å². The molecule has 1 N–H and O–H groups in total. The number of aromatic amines is 1. The van der Waals surface area contributed by atoms with E-state index in [-0.39, 0.29) is 18.9 Å². The Bertz CT molecular complexity index is 703. The summed E-state index contributed by atoms with van der Waals surface area (Å²) in [6, 6.07) is 5.10. The van der Waals surface area contributed by atoms with Crippen molar-refractivity contribution >= 4 is 5.97 Å². The number of rotatable bonds is 6. The van der Waals surface area contributed by atoms with Gasteiger partial charge in [-0.25, -0.2) is 4.79 Å². The summed E-state index contributed by atoms with van der Waals surface area (Å²) in [6.07, 6.45) is 5.21. The molecular formula is C15H15N3O4. The first-order valence-corrected chi connectivity index (χ1v) is 6.53. The summed E-state index contributed by atoms with van der Waals surface area (Å²) in [5.74, 6) is 2.87. The van der Waals surface area contributed by atoms with E-state index in [1.165, 1.54) is 7.11 Å². The standard InChI is InChI=1S/C15H15N3O4/c1-4-8-22-12-7-6-10(20-3)9-11(12)13-14(17-18-16-13)15(19)21-5-2/h1,6-7,9H,5,8H2,2-3H3,(H,16,17,18). The Labute approximate surface area is 127 Å². The van der Waals surface area contributed by atoms with Gasteiger partial charge in [-0.2, -0.15) is 10.3 Å². The Balaban J connectivity index is 2.49. The van der Waals surface area contributed by atoms with Crippen molar-refractivity contribution in [3.05, 3.63) is 23.9 Å². The number of ether oxygens (including phenoxy) is 3. The van der Waals surface area contributed by atoms with Gasteiger partial charge in [-0.15, -0.1) is 11.5 Å². The van der Waals surface area contributed by atoms with Crippen LogP contribution in [0.15, 0.2) is 18.2 Å². The molecule has 0 atom stereocenters. The van der Waals surface area contributed by atoms with Crippen LogP contribution in [0.3, 0.4) is 0 Å². The molecule has 1 heterocycles. The van der Waals surface area contributed by atoms with Crippen molar-refractivity contribution in [3.8, 4) is 35.1 Å². The van der Waals surface area contributed by atoms with Gasteiger partial charge in [-0.3, -0.25) is 0 Å². The molecular weight excluding hydrogens is 286 g/mol. The van der Waals surface area contributed by atoms with Gasteiger partial charge in [0, 0.05) is 0 Å². The first-order chi connectivity index (χ1) is 10.7. The Morgan fingerprint density at radius 1 is 1.41 bits per heavy atom. The van der Waals surface area contributed by atoms with Gasteiger partial charge < -0.3 is 14.2 Å². The van der Waals surface area contributed by atoms with Crippen molar-refractivity contribution in [1.82, 2.24) is 15.4 Å². The van der Waals surface area contributed by atoms with Crippen molar-refractivity contribution in [1.29, 1.82) is 0 Å². The second kappa shape index (κ2) is 7.13. The van der Waals surface area contributed by atoms with Crippen LogP contribution >= 0.6 is 0 Å². The number of esters is 1. The Hall–Kier alpha value is -3.01. The van der Waals surface area contributed by atoms with Gasteiger partial charge in [0.15, 0.2) is 5.69 Å². The molecule has 0 unspecified atom stereocenters. The lowest BCUT2D eigenvalue weighted by molar-refractivity contribution is 0.0520. The van der Waals surface area contributed by atoms with E-state index < -0.39 is 5.97 Å². The molecule has 0 spiro atoms. The van der Waals surface area contributed by atoms with Crippen molar-refractivity contribution in [2.75, 3.05) is 20.3 Å². The number of H-pyrrole nitrogens is 1. The van der Waals surface area contributed by atoms with Crippen LogP contribution in [-0.4, -0.2) is 41.7 Å². The third-order valence-corrected chi connectivity index (χ3v) is 2.77. The molecule has 114 valence electrons. The number of carbonyl (C=O) groups is 1. The maximum absolute atomic E-state index is 11.9. The minimum Gasteiger partial charge on any atom is -0.497 e. The largest absolute Gasteiger partial charge is 0.497 e. The van der Waals surface area contributed by atoms with Gasteiger partial charge >= 0.3 is 5.97 Å². The van der Waals surface area contributed by atoms with E-state index in [0.29, 0.717) is 22.8 Å². The van der Waals surface area contributed by atoms with Gasteiger partial charge in [0.1, 0.15) is 23.8 Å². The lowest BCUT2D eigenvalue weighted by Gasteiger charge is -2.10. The number of nitrogens with zero attached hydrogens (tertiary/aromatic N) is 2. The molecule has 2 rings (SSSR count). The zero-order valence-corrected chi connectivity index (χ0v) is 12.3. The third kappa shape index (κ3) is 3.17. The van der Waals surface area contributed by atoms with Crippen LogP contribution in [-0.2, 0) is 4.74 Å². The van der Waals surface area contributed by atoms with Crippen LogP contribution < -0.4 is 9.47 Å². The molecule has 1 aromatic heterocycles. The highest BCUT2D eigenvalue weighted by molar-refractivity contribution is 5.94. The van der Waals surface area contributed by atoms with E-state index in [1.807, 2.05) is 0 Å². The topological polar surface area (TPSA) is 86.3 Å². The first-order valence-electron chi connectivity index (χ1n) is 6.53. The number of nitrogens with one attached hydrogen (secondary N) is 1. The molecule has 0 aliphatic rings. The summed E-state index contributed by atoms with van der Waals surface area (Å²) in [5.41, 5.74) is 0.913. The van der Waals surface area contributed by atoms with Gasteiger partial charge in [0.2, 0.25) is 0 Å². The maximum Gasteiger partial charge on any atom is 0.361 e. The SMILES string of the molecule is C#CCOc1ccc(OC)cc1-c1n[nH]nc1C(=O)OCC. The molecule has 0 fully saturated rings. The molecule has 7 nitrogen and oxygen atoms in total. The molecule has 0 aliphatic carbocycles. The van der Waals surface area contributed by atoms with Gasteiger partial charge in [-0.1, -0.05) is 5.92 Å². The minimum atomic E-state index is -0.572. The summed E-state index contributed by atoms with van der Waals surface area (Å²) in [5, 5.41) is 10.3. The normalized spacial score (nSPS) is 9.86. The minimum absolute atomic E-state index is 0.0701. The van der Waals surface area contributed by atoms with E-state index >= 15 is 0 Å². The van der Waals surface area contributed by atoms with E-state index in [1.54, 1.807) is 25.1 Å². The zero-order valence-electron chi connectivity index (χ0n) is 12.3. The van der Waals surface area contributed by atoms with Crippen molar-refractivity contribution in [2.24, 2.45) is 0 Å². The van der Waals surface area contributed by atoms with Crippen LogP contribution in [0.2, 0.25) is 0 Å². The highest BCUT2D eigenvalue weighted by Crippen LogP contribution is 2.33. The second-order valence-corrected chi connectivity index (χ2v) is 4.10. The smallest absolute Gasteiger partial charge is 0.361 e. The summed E-state index contributed by atoms with van der Waals surface area (Å²) in [4.78, 5) is 11.9. The fourth-order valence-corrected chi connectivity index (χ4v) is 1.83. The van der Waals surface area contributed by atoms with E-state index in [4.69, 9.17) is 20.6 Å². The average Bonchev–Trinajstić information content (AvgIpc) is 3.02.